The molecule has 45 heavy (non-hydrogen) atoms. The van der Waals surface area contributed by atoms with Crippen molar-refractivity contribution in [2.24, 2.45) is 11.8 Å². The van der Waals surface area contributed by atoms with Crippen LogP contribution in [-0.2, 0) is 41.2 Å². The lowest BCUT2D eigenvalue weighted by Gasteiger charge is -2.25. The Kier molecular flexibility index (Phi) is 8.50. The quantitative estimate of drug-likeness (QED) is 0.306. The van der Waals surface area contributed by atoms with Crippen LogP contribution in [0.15, 0.2) is 84.9 Å². The summed E-state index contributed by atoms with van der Waals surface area (Å²) < 4.78 is 25.3. The van der Waals surface area contributed by atoms with Gasteiger partial charge in [0.05, 0.1) is 36.9 Å². The lowest BCUT2D eigenvalue weighted by atomic mass is 9.91. The first-order valence-corrected chi connectivity index (χ1v) is 17.0. The zero-order chi connectivity index (χ0) is 31.6. The lowest BCUT2D eigenvalue weighted by molar-refractivity contribution is -0.133. The first-order chi connectivity index (χ1) is 21.7. The maximum atomic E-state index is 14.0. The van der Waals surface area contributed by atoms with E-state index in [0.717, 1.165) is 16.7 Å². The van der Waals surface area contributed by atoms with E-state index < -0.39 is 25.0 Å². The number of fused-ring (bicyclic) bond motifs is 1. The summed E-state index contributed by atoms with van der Waals surface area (Å²) in [4.78, 5) is 40.1. The van der Waals surface area contributed by atoms with Crippen molar-refractivity contribution in [1.29, 1.82) is 5.26 Å². The summed E-state index contributed by atoms with van der Waals surface area (Å²) in [5, 5.41) is 12.9. The second-order valence-electron chi connectivity index (χ2n) is 12.0. The van der Waals surface area contributed by atoms with Crippen molar-refractivity contribution in [3.8, 4) is 6.07 Å². The summed E-state index contributed by atoms with van der Waals surface area (Å²) in [6.45, 7) is 2.54. The second kappa shape index (κ2) is 12.5. The van der Waals surface area contributed by atoms with Crippen molar-refractivity contribution in [3.63, 3.8) is 0 Å². The SMILES string of the molecule is CC(=O)NC[C@H]1CN(c2ccc(C3(C#N)C4CN(C(=O)COP(=O)(Cc5ccccc5)Cc5ccccc5)CC43)cc2)C(=O)O1. The molecule has 6 rings (SSSR count). The fraction of sp³-hybridized carbons (Fsp3) is 0.353. The van der Waals surface area contributed by atoms with E-state index in [1.807, 2.05) is 72.8 Å². The number of nitriles is 1. The third-order valence-electron chi connectivity index (χ3n) is 8.98. The molecular formula is C34H35N4O6P. The average Bonchev–Trinajstić information content (AvgIpc) is 3.30. The maximum absolute atomic E-state index is 14.0. The van der Waals surface area contributed by atoms with E-state index in [1.165, 1.54) is 11.8 Å². The van der Waals surface area contributed by atoms with Crippen molar-refractivity contribution >= 4 is 31.0 Å². The number of hydrogen-bond donors (Lipinski definition) is 1. The van der Waals surface area contributed by atoms with Gasteiger partial charge in [0.2, 0.25) is 19.2 Å². The predicted octanol–water partition coefficient (Wildman–Crippen LogP) is 4.69. The van der Waals surface area contributed by atoms with Crippen LogP contribution in [0.2, 0.25) is 0 Å². The van der Waals surface area contributed by atoms with E-state index in [0.29, 0.717) is 25.3 Å². The number of nitrogens with one attached hydrogen (secondary N) is 1. The number of hydrogen-bond acceptors (Lipinski definition) is 7. The molecule has 1 aliphatic carbocycles. The number of carbonyl (C=O) groups excluding carboxylic acids is 3. The number of nitrogens with zero attached hydrogens (tertiary/aromatic N) is 3. The van der Waals surface area contributed by atoms with Gasteiger partial charge in [-0.15, -0.1) is 0 Å². The molecule has 3 aromatic carbocycles. The molecule has 3 aliphatic rings. The van der Waals surface area contributed by atoms with Crippen LogP contribution >= 0.6 is 7.37 Å². The lowest BCUT2D eigenvalue weighted by Crippen LogP contribution is -2.37. The number of rotatable bonds is 11. The van der Waals surface area contributed by atoms with Gasteiger partial charge < -0.3 is 19.5 Å². The van der Waals surface area contributed by atoms with Gasteiger partial charge >= 0.3 is 6.09 Å². The molecule has 10 nitrogen and oxygen atoms in total. The number of carbonyl (C=O) groups is 3. The Hall–Kier alpha value is -4.45. The average molecular weight is 627 g/mol. The first-order valence-electron chi connectivity index (χ1n) is 15.0. The van der Waals surface area contributed by atoms with Gasteiger partial charge in [-0.1, -0.05) is 72.8 Å². The fourth-order valence-electron chi connectivity index (χ4n) is 6.64. The molecule has 2 aliphatic heterocycles. The van der Waals surface area contributed by atoms with Gasteiger partial charge in [0.25, 0.3) is 0 Å². The molecule has 3 atom stereocenters. The predicted molar refractivity (Wildman–Crippen MR) is 167 cm³/mol. The highest BCUT2D eigenvalue weighted by Crippen LogP contribution is 2.63. The Morgan fingerprint density at radius 1 is 0.956 bits per heavy atom. The van der Waals surface area contributed by atoms with Crippen LogP contribution in [0.4, 0.5) is 10.5 Å². The van der Waals surface area contributed by atoms with Crippen LogP contribution < -0.4 is 10.2 Å². The fourth-order valence-corrected chi connectivity index (χ4v) is 8.81. The van der Waals surface area contributed by atoms with Gasteiger partial charge in [-0.3, -0.25) is 19.1 Å². The van der Waals surface area contributed by atoms with Gasteiger partial charge in [0, 0.05) is 37.5 Å². The number of ether oxygens (including phenoxy) is 1. The molecule has 0 radical (unpaired) electrons. The largest absolute Gasteiger partial charge is 0.442 e. The molecule has 3 fully saturated rings. The molecule has 2 heterocycles. The maximum Gasteiger partial charge on any atom is 0.414 e. The van der Waals surface area contributed by atoms with Crippen LogP contribution in [0.1, 0.15) is 23.6 Å². The molecule has 3 amide bonds. The van der Waals surface area contributed by atoms with Gasteiger partial charge in [0.1, 0.15) is 12.7 Å². The summed E-state index contributed by atoms with van der Waals surface area (Å²) in [7, 11) is -3.23. The number of anilines is 1. The number of benzene rings is 3. The zero-order valence-corrected chi connectivity index (χ0v) is 25.9. The zero-order valence-electron chi connectivity index (χ0n) is 25.0. The number of piperidine rings is 1. The molecule has 2 unspecified atom stereocenters. The molecule has 11 heteroatoms. The highest BCUT2D eigenvalue weighted by molar-refractivity contribution is 7.57. The molecule has 1 saturated carbocycles. The summed E-state index contributed by atoms with van der Waals surface area (Å²) in [6, 6.07) is 28.9. The topological polar surface area (TPSA) is 129 Å². The Morgan fingerprint density at radius 2 is 1.53 bits per heavy atom. The molecule has 3 aromatic rings. The van der Waals surface area contributed by atoms with Crippen LogP contribution in [0.25, 0.3) is 0 Å². The number of amides is 3. The third-order valence-corrected chi connectivity index (χ3v) is 11.3. The van der Waals surface area contributed by atoms with Crippen molar-refractivity contribution < 1.29 is 28.2 Å². The molecule has 0 aromatic heterocycles. The Bertz CT molecular complexity index is 1600. The summed E-state index contributed by atoms with van der Waals surface area (Å²) >= 11 is 0. The Labute approximate surface area is 262 Å². The van der Waals surface area contributed by atoms with Gasteiger partial charge in [0.15, 0.2) is 0 Å². The van der Waals surface area contributed by atoms with E-state index in [1.54, 1.807) is 17.0 Å². The highest BCUT2D eigenvalue weighted by Gasteiger charge is 2.70. The minimum absolute atomic E-state index is 0.0171. The van der Waals surface area contributed by atoms with E-state index >= 15 is 0 Å². The molecule has 2 saturated heterocycles. The molecule has 0 bridgehead atoms. The smallest absolute Gasteiger partial charge is 0.414 e. The third kappa shape index (κ3) is 6.37. The van der Waals surface area contributed by atoms with Crippen LogP contribution in [0.3, 0.4) is 0 Å². The minimum Gasteiger partial charge on any atom is -0.442 e. The Morgan fingerprint density at radius 3 is 2.07 bits per heavy atom. The molecule has 1 N–H and O–H groups in total. The van der Waals surface area contributed by atoms with Crippen LogP contribution in [-0.4, -0.2) is 61.7 Å². The monoisotopic (exact) mass is 626 g/mol. The van der Waals surface area contributed by atoms with E-state index in [-0.39, 0.29) is 49.1 Å². The second-order valence-corrected chi connectivity index (χ2v) is 14.5. The van der Waals surface area contributed by atoms with Gasteiger partial charge in [-0.05, 0) is 28.8 Å². The van der Waals surface area contributed by atoms with Crippen molar-refractivity contribution in [2.45, 2.75) is 30.8 Å². The van der Waals surface area contributed by atoms with E-state index in [2.05, 4.69) is 11.4 Å². The summed E-state index contributed by atoms with van der Waals surface area (Å²) in [5.41, 5.74) is 2.58. The van der Waals surface area contributed by atoms with Gasteiger partial charge in [-0.2, -0.15) is 5.26 Å². The van der Waals surface area contributed by atoms with E-state index in [4.69, 9.17) is 9.26 Å². The highest BCUT2D eigenvalue weighted by atomic mass is 31.2. The van der Waals surface area contributed by atoms with Gasteiger partial charge in [-0.25, -0.2) is 4.79 Å². The van der Waals surface area contributed by atoms with Crippen LogP contribution in [0, 0.1) is 23.2 Å². The standard InChI is InChI=1S/C34H35N4O6P/c1-24(39)36-16-29-17-38(33(41)44-29)28-14-12-27(13-15-28)34(23-35)30-18-37(19-31(30)34)32(40)20-43-45(42,21-25-8-4-2-5-9-25)22-26-10-6-3-7-11-26/h2-15,29-31H,16-22H2,1H3,(H,36,39)/t29-,30?,31?,34?/m0/s1. The number of cyclic esters (lactones) is 1. The minimum atomic E-state index is -3.23. The normalized spacial score (nSPS) is 23.6. The van der Waals surface area contributed by atoms with Crippen molar-refractivity contribution in [3.05, 3.63) is 102 Å². The molecule has 0 spiro atoms. The number of likely N-dealkylation sites (tertiary alicyclic amines) is 1. The summed E-state index contributed by atoms with van der Waals surface area (Å²) in [5.74, 6) is -0.454. The Balaban J connectivity index is 1.07. The first kappa shape index (κ1) is 30.6. The summed E-state index contributed by atoms with van der Waals surface area (Å²) in [6.07, 6.45) is -0.447. The molecular weight excluding hydrogens is 591 g/mol. The molecule has 232 valence electrons. The van der Waals surface area contributed by atoms with E-state index in [9.17, 15) is 24.2 Å². The van der Waals surface area contributed by atoms with Crippen LogP contribution in [0.5, 0.6) is 0 Å². The van der Waals surface area contributed by atoms with Crippen molar-refractivity contribution in [1.82, 2.24) is 10.2 Å². The van der Waals surface area contributed by atoms with Crippen molar-refractivity contribution in [2.75, 3.05) is 37.7 Å².